The number of methoxy groups -OCH3 is 2. The highest BCUT2D eigenvalue weighted by Gasteiger charge is 2.18. The fraction of sp³-hybridized carbons (Fsp3) is 0.500. The zero-order valence-corrected chi connectivity index (χ0v) is 11.6. The Kier molecular flexibility index (Phi) is 6.45. The number of nitrogens with zero attached hydrogens (tertiary/aromatic N) is 1. The maximum absolute atomic E-state index is 13.8. The molecule has 0 radical (unpaired) electrons. The van der Waals surface area contributed by atoms with Crippen molar-refractivity contribution < 1.29 is 18.7 Å². The van der Waals surface area contributed by atoms with Gasteiger partial charge in [0.05, 0.1) is 18.8 Å². The van der Waals surface area contributed by atoms with Gasteiger partial charge >= 0.3 is 0 Å². The highest BCUT2D eigenvalue weighted by Crippen LogP contribution is 2.12. The predicted molar refractivity (Wildman–Crippen MR) is 70.8 cm³/mol. The summed E-state index contributed by atoms with van der Waals surface area (Å²) in [6.45, 7) is 3.41. The van der Waals surface area contributed by atoms with Gasteiger partial charge in [-0.15, -0.1) is 0 Å². The molecule has 4 nitrogen and oxygen atoms in total. The Morgan fingerprint density at radius 1 is 1.21 bits per heavy atom. The largest absolute Gasteiger partial charge is 0.383 e. The van der Waals surface area contributed by atoms with E-state index in [4.69, 9.17) is 9.47 Å². The first-order valence-electron chi connectivity index (χ1n) is 6.13. The summed E-state index contributed by atoms with van der Waals surface area (Å²) >= 11 is 0. The molecule has 0 atom stereocenters. The van der Waals surface area contributed by atoms with Gasteiger partial charge in [0.1, 0.15) is 5.82 Å². The third-order valence-corrected chi connectivity index (χ3v) is 2.77. The van der Waals surface area contributed by atoms with Crippen LogP contribution in [0.2, 0.25) is 0 Å². The van der Waals surface area contributed by atoms with Crippen LogP contribution in [-0.2, 0) is 9.47 Å². The number of hydrogen-bond donors (Lipinski definition) is 0. The molecule has 0 aromatic heterocycles. The Balaban J connectivity index is 2.84. The molecule has 0 heterocycles. The Labute approximate surface area is 113 Å². The van der Waals surface area contributed by atoms with E-state index in [2.05, 4.69) is 0 Å². The van der Waals surface area contributed by atoms with Crippen molar-refractivity contribution in [3.8, 4) is 0 Å². The lowest BCUT2D eigenvalue weighted by Crippen LogP contribution is -2.37. The van der Waals surface area contributed by atoms with Crippen molar-refractivity contribution in [1.82, 2.24) is 4.90 Å². The van der Waals surface area contributed by atoms with Crippen molar-refractivity contribution in [3.05, 3.63) is 35.1 Å². The highest BCUT2D eigenvalue weighted by atomic mass is 19.1. The molecular weight excluding hydrogens is 249 g/mol. The van der Waals surface area contributed by atoms with Crippen LogP contribution in [0.3, 0.4) is 0 Å². The molecule has 1 rings (SSSR count). The van der Waals surface area contributed by atoms with Crippen LogP contribution in [-0.4, -0.2) is 51.3 Å². The first-order valence-corrected chi connectivity index (χ1v) is 6.13. The molecule has 0 aliphatic rings. The quantitative estimate of drug-likeness (QED) is 0.758. The van der Waals surface area contributed by atoms with E-state index in [1.165, 1.54) is 17.0 Å². The predicted octanol–water partition coefficient (Wildman–Crippen LogP) is 1.87. The van der Waals surface area contributed by atoms with E-state index in [1.54, 1.807) is 27.2 Å². The Bertz CT molecular complexity index is 415. The zero-order chi connectivity index (χ0) is 14.3. The van der Waals surface area contributed by atoms with Gasteiger partial charge in [0.15, 0.2) is 0 Å². The van der Waals surface area contributed by atoms with Crippen LogP contribution in [0.5, 0.6) is 0 Å². The second-order valence-electron chi connectivity index (χ2n) is 4.26. The number of carbonyl (C=O) groups excluding carboxylic acids is 1. The topological polar surface area (TPSA) is 38.8 Å². The number of aryl methyl sites for hydroxylation is 1. The molecule has 0 bridgehead atoms. The van der Waals surface area contributed by atoms with E-state index < -0.39 is 5.82 Å². The summed E-state index contributed by atoms with van der Waals surface area (Å²) in [5.74, 6) is -0.837. The van der Waals surface area contributed by atoms with Gasteiger partial charge in [0.25, 0.3) is 5.91 Å². The lowest BCUT2D eigenvalue weighted by Gasteiger charge is -2.22. The Morgan fingerprint density at radius 3 is 2.26 bits per heavy atom. The zero-order valence-electron chi connectivity index (χ0n) is 11.6. The van der Waals surface area contributed by atoms with Crippen molar-refractivity contribution in [2.45, 2.75) is 6.92 Å². The lowest BCUT2D eigenvalue weighted by molar-refractivity contribution is 0.0623. The van der Waals surface area contributed by atoms with Crippen LogP contribution < -0.4 is 0 Å². The molecule has 19 heavy (non-hydrogen) atoms. The fourth-order valence-corrected chi connectivity index (χ4v) is 1.68. The number of hydrogen-bond acceptors (Lipinski definition) is 3. The van der Waals surface area contributed by atoms with Crippen LogP contribution in [0, 0.1) is 12.7 Å². The summed E-state index contributed by atoms with van der Waals surface area (Å²) in [5.41, 5.74) is 0.868. The van der Waals surface area contributed by atoms with Gasteiger partial charge in [-0.25, -0.2) is 4.39 Å². The summed E-state index contributed by atoms with van der Waals surface area (Å²) in [6.07, 6.45) is 0. The molecule has 0 spiro atoms. The summed E-state index contributed by atoms with van der Waals surface area (Å²) in [6, 6.07) is 4.60. The number of carbonyl (C=O) groups is 1. The van der Waals surface area contributed by atoms with E-state index >= 15 is 0 Å². The molecule has 106 valence electrons. The average molecular weight is 269 g/mol. The van der Waals surface area contributed by atoms with Gasteiger partial charge in [0, 0.05) is 27.3 Å². The number of halogens is 1. The van der Waals surface area contributed by atoms with Gasteiger partial charge in [-0.2, -0.15) is 0 Å². The van der Waals surface area contributed by atoms with Gasteiger partial charge in [0.2, 0.25) is 0 Å². The summed E-state index contributed by atoms with van der Waals surface area (Å²) in [4.78, 5) is 13.8. The molecule has 0 N–H and O–H groups in total. The molecule has 1 aromatic rings. The summed E-state index contributed by atoms with van der Waals surface area (Å²) in [5, 5.41) is 0. The minimum absolute atomic E-state index is 0.0813. The van der Waals surface area contributed by atoms with Crippen molar-refractivity contribution in [1.29, 1.82) is 0 Å². The summed E-state index contributed by atoms with van der Waals surface area (Å²) < 4.78 is 23.7. The summed E-state index contributed by atoms with van der Waals surface area (Å²) in [7, 11) is 3.12. The number of ether oxygens (including phenoxy) is 2. The van der Waals surface area contributed by atoms with Gasteiger partial charge in [-0.1, -0.05) is 6.07 Å². The molecule has 1 amide bonds. The second-order valence-corrected chi connectivity index (χ2v) is 4.26. The van der Waals surface area contributed by atoms with E-state index in [-0.39, 0.29) is 11.5 Å². The number of rotatable bonds is 7. The van der Waals surface area contributed by atoms with Crippen molar-refractivity contribution in [2.75, 3.05) is 40.5 Å². The van der Waals surface area contributed by atoms with E-state index in [1.807, 2.05) is 0 Å². The number of benzene rings is 1. The number of amides is 1. The van der Waals surface area contributed by atoms with E-state index in [0.717, 1.165) is 5.56 Å². The van der Waals surface area contributed by atoms with Crippen molar-refractivity contribution in [2.24, 2.45) is 0 Å². The average Bonchev–Trinajstić information content (AvgIpc) is 2.38. The van der Waals surface area contributed by atoms with Crippen molar-refractivity contribution >= 4 is 5.91 Å². The second kappa shape index (κ2) is 7.86. The SMILES string of the molecule is COCCN(CCOC)C(=O)c1ccc(C)cc1F. The molecule has 0 saturated carbocycles. The molecule has 1 aromatic carbocycles. The first kappa shape index (κ1) is 15.6. The van der Waals surface area contributed by atoms with E-state index in [0.29, 0.717) is 26.3 Å². The van der Waals surface area contributed by atoms with Crippen LogP contribution in [0.4, 0.5) is 4.39 Å². The molecule has 0 saturated heterocycles. The molecule has 5 heteroatoms. The Hall–Kier alpha value is -1.46. The van der Waals surface area contributed by atoms with Gasteiger partial charge in [-0.05, 0) is 24.6 Å². The highest BCUT2D eigenvalue weighted by molar-refractivity contribution is 5.94. The van der Waals surface area contributed by atoms with Crippen molar-refractivity contribution in [3.63, 3.8) is 0 Å². The fourth-order valence-electron chi connectivity index (χ4n) is 1.68. The molecule has 0 aliphatic carbocycles. The first-order chi connectivity index (χ1) is 9.10. The minimum Gasteiger partial charge on any atom is -0.383 e. The smallest absolute Gasteiger partial charge is 0.256 e. The third kappa shape index (κ3) is 4.61. The van der Waals surface area contributed by atoms with Crippen LogP contribution in [0.25, 0.3) is 0 Å². The third-order valence-electron chi connectivity index (χ3n) is 2.77. The maximum atomic E-state index is 13.8. The molecular formula is C14H20FNO3. The van der Waals surface area contributed by atoms with Gasteiger partial charge in [-0.3, -0.25) is 4.79 Å². The van der Waals surface area contributed by atoms with Crippen LogP contribution in [0.15, 0.2) is 18.2 Å². The van der Waals surface area contributed by atoms with Crippen LogP contribution >= 0.6 is 0 Å². The molecule has 0 unspecified atom stereocenters. The maximum Gasteiger partial charge on any atom is 0.256 e. The van der Waals surface area contributed by atoms with Crippen LogP contribution in [0.1, 0.15) is 15.9 Å². The lowest BCUT2D eigenvalue weighted by atomic mass is 10.1. The van der Waals surface area contributed by atoms with E-state index in [9.17, 15) is 9.18 Å². The minimum atomic E-state index is -0.496. The Morgan fingerprint density at radius 2 is 1.79 bits per heavy atom. The van der Waals surface area contributed by atoms with Gasteiger partial charge < -0.3 is 14.4 Å². The monoisotopic (exact) mass is 269 g/mol. The standard InChI is InChI=1S/C14H20FNO3/c1-11-4-5-12(13(15)10-11)14(17)16(6-8-18-2)7-9-19-3/h4-5,10H,6-9H2,1-3H3. The molecule has 0 fully saturated rings. The normalized spacial score (nSPS) is 10.5. The molecule has 0 aliphatic heterocycles.